The van der Waals surface area contributed by atoms with Crippen LogP contribution >= 0.6 is 0 Å². The molecule has 0 saturated carbocycles. The summed E-state index contributed by atoms with van der Waals surface area (Å²) in [7, 11) is 0. The normalized spacial score (nSPS) is 23.5. The number of aryl methyl sites for hydroxylation is 1. The number of hydrogen-bond donors (Lipinski definition) is 2. The van der Waals surface area contributed by atoms with E-state index in [2.05, 4.69) is 15.3 Å². The summed E-state index contributed by atoms with van der Waals surface area (Å²) in [6.07, 6.45) is 1.25. The number of aliphatic hydroxyl groups is 1. The Labute approximate surface area is 133 Å². The maximum atomic E-state index is 12.0. The second kappa shape index (κ2) is 5.98. The van der Waals surface area contributed by atoms with Gasteiger partial charge in [0, 0.05) is 18.2 Å². The number of rotatable bonds is 4. The fourth-order valence-corrected chi connectivity index (χ4v) is 2.64. The van der Waals surface area contributed by atoms with E-state index in [1.807, 2.05) is 0 Å². The molecule has 0 radical (unpaired) electrons. The number of nitrogens with one attached hydrogen (secondary N) is 1. The average Bonchev–Trinajstić information content (AvgIpc) is 3.17. The van der Waals surface area contributed by atoms with E-state index in [1.54, 1.807) is 6.92 Å². The molecule has 3 rings (SSSR count). The van der Waals surface area contributed by atoms with Gasteiger partial charge in [0.1, 0.15) is 23.6 Å². The lowest BCUT2D eigenvalue weighted by atomic mass is 10.1. The molecule has 128 valence electrons. The van der Waals surface area contributed by atoms with Crippen molar-refractivity contribution in [2.75, 3.05) is 6.61 Å². The van der Waals surface area contributed by atoms with Crippen LogP contribution in [0.15, 0.2) is 22.0 Å². The summed E-state index contributed by atoms with van der Waals surface area (Å²) in [5, 5.41) is 27.3. The SMILES string of the molecule is Cc1cn([C@H]2C[C@H](n3cc([N+](=O)[O-])nn3)[C@@H](CO)O2)c(=O)[nH]c1=O. The highest BCUT2D eigenvalue weighted by atomic mass is 16.6. The molecule has 0 amide bonds. The molecule has 0 unspecified atom stereocenters. The van der Waals surface area contributed by atoms with Gasteiger partial charge in [0.05, 0.1) is 17.9 Å². The quantitative estimate of drug-likeness (QED) is 0.523. The number of nitro groups is 1. The van der Waals surface area contributed by atoms with Crippen LogP contribution in [0, 0.1) is 17.0 Å². The topological polar surface area (TPSA) is 158 Å². The van der Waals surface area contributed by atoms with Gasteiger partial charge in [0.2, 0.25) is 0 Å². The fourth-order valence-electron chi connectivity index (χ4n) is 2.64. The summed E-state index contributed by atoms with van der Waals surface area (Å²) >= 11 is 0. The molecule has 0 aromatic carbocycles. The van der Waals surface area contributed by atoms with Crippen LogP contribution in [0.25, 0.3) is 0 Å². The van der Waals surface area contributed by atoms with E-state index >= 15 is 0 Å². The molecular weight excluding hydrogens is 324 g/mol. The zero-order valence-corrected chi connectivity index (χ0v) is 12.5. The molecule has 1 saturated heterocycles. The number of aromatic nitrogens is 5. The molecule has 12 nitrogen and oxygen atoms in total. The Morgan fingerprint density at radius 2 is 2.25 bits per heavy atom. The maximum Gasteiger partial charge on any atom is 0.410 e. The minimum atomic E-state index is -0.751. The molecule has 1 aliphatic heterocycles. The molecule has 3 atom stereocenters. The van der Waals surface area contributed by atoms with Crippen LogP contribution in [0.3, 0.4) is 0 Å². The summed E-state index contributed by atoms with van der Waals surface area (Å²) in [5.41, 5.74) is -0.799. The standard InChI is InChI=1S/C12H14N6O6/c1-6-3-16(12(21)13-11(6)20)10-2-7(8(5-19)24-10)17-4-9(14-15-17)18(22)23/h3-4,7-8,10,19H,2,5H2,1H3,(H,13,20,21)/t7-,8+,10+/m0/s1. The first-order valence-electron chi connectivity index (χ1n) is 7.05. The molecule has 2 aromatic rings. The van der Waals surface area contributed by atoms with Crippen molar-refractivity contribution >= 4 is 5.82 Å². The Hall–Kier alpha value is -2.86. The summed E-state index contributed by atoms with van der Waals surface area (Å²) in [6, 6.07) is -0.541. The Morgan fingerprint density at radius 1 is 1.50 bits per heavy atom. The summed E-state index contributed by atoms with van der Waals surface area (Å²) < 4.78 is 8.09. The molecule has 0 bridgehead atoms. The zero-order chi connectivity index (χ0) is 17.4. The smallest absolute Gasteiger partial charge is 0.394 e. The Bertz CT molecular complexity index is 885. The fraction of sp³-hybridized carbons (Fsp3) is 0.500. The minimum Gasteiger partial charge on any atom is -0.394 e. The molecule has 1 aliphatic rings. The highest BCUT2D eigenvalue weighted by Crippen LogP contribution is 2.35. The second-order valence-corrected chi connectivity index (χ2v) is 5.41. The minimum absolute atomic E-state index is 0.219. The first-order valence-corrected chi connectivity index (χ1v) is 7.05. The Morgan fingerprint density at radius 3 is 2.88 bits per heavy atom. The molecular formula is C12H14N6O6. The highest BCUT2D eigenvalue weighted by molar-refractivity contribution is 5.10. The first kappa shape index (κ1) is 16.0. The highest BCUT2D eigenvalue weighted by Gasteiger charge is 2.39. The van der Waals surface area contributed by atoms with Crippen LogP contribution in [0.4, 0.5) is 5.82 Å². The van der Waals surface area contributed by atoms with Crippen molar-refractivity contribution in [1.29, 1.82) is 0 Å². The summed E-state index contributed by atoms with van der Waals surface area (Å²) in [4.78, 5) is 35.6. The van der Waals surface area contributed by atoms with E-state index in [4.69, 9.17) is 4.74 Å². The predicted octanol–water partition coefficient (Wildman–Crippen LogP) is -1.13. The number of H-pyrrole nitrogens is 1. The van der Waals surface area contributed by atoms with Gasteiger partial charge in [-0.2, -0.15) is 0 Å². The van der Waals surface area contributed by atoms with Gasteiger partial charge in [-0.05, 0) is 11.8 Å². The van der Waals surface area contributed by atoms with Gasteiger partial charge in [-0.1, -0.05) is 0 Å². The van der Waals surface area contributed by atoms with Crippen LogP contribution in [0.2, 0.25) is 0 Å². The van der Waals surface area contributed by atoms with Crippen molar-refractivity contribution in [2.24, 2.45) is 0 Å². The third kappa shape index (κ3) is 2.72. The molecule has 3 heterocycles. The second-order valence-electron chi connectivity index (χ2n) is 5.41. The van der Waals surface area contributed by atoms with E-state index in [0.29, 0.717) is 5.56 Å². The molecule has 12 heteroatoms. The molecule has 0 spiro atoms. The molecule has 24 heavy (non-hydrogen) atoms. The number of aromatic amines is 1. The Balaban J connectivity index is 1.92. The summed E-state index contributed by atoms with van der Waals surface area (Å²) in [5.74, 6) is -0.424. The lowest BCUT2D eigenvalue weighted by Crippen LogP contribution is -2.33. The zero-order valence-electron chi connectivity index (χ0n) is 12.5. The third-order valence-corrected chi connectivity index (χ3v) is 3.87. The van der Waals surface area contributed by atoms with E-state index in [0.717, 1.165) is 6.20 Å². The van der Waals surface area contributed by atoms with Gasteiger partial charge in [-0.25, -0.2) is 9.48 Å². The van der Waals surface area contributed by atoms with Gasteiger partial charge < -0.3 is 20.0 Å². The van der Waals surface area contributed by atoms with Crippen molar-refractivity contribution in [3.05, 3.63) is 48.9 Å². The maximum absolute atomic E-state index is 12.0. The molecule has 2 aromatic heterocycles. The van der Waals surface area contributed by atoms with Gasteiger partial charge in [-0.15, -0.1) is 0 Å². The molecule has 1 fully saturated rings. The van der Waals surface area contributed by atoms with Gasteiger partial charge in [-0.3, -0.25) is 14.3 Å². The van der Waals surface area contributed by atoms with Crippen molar-refractivity contribution < 1.29 is 14.8 Å². The van der Waals surface area contributed by atoms with Crippen LogP contribution in [0.1, 0.15) is 24.3 Å². The first-order chi connectivity index (χ1) is 11.4. The monoisotopic (exact) mass is 338 g/mol. The number of aliphatic hydroxyl groups excluding tert-OH is 1. The number of hydrogen-bond acceptors (Lipinski definition) is 8. The average molecular weight is 338 g/mol. The third-order valence-electron chi connectivity index (χ3n) is 3.87. The predicted molar refractivity (Wildman–Crippen MR) is 77.4 cm³/mol. The molecule has 0 aliphatic carbocycles. The van der Waals surface area contributed by atoms with Crippen molar-refractivity contribution in [3.8, 4) is 0 Å². The number of nitrogens with zero attached hydrogens (tertiary/aromatic N) is 5. The lowest BCUT2D eigenvalue weighted by molar-refractivity contribution is -0.389. The van der Waals surface area contributed by atoms with Crippen LogP contribution in [0.5, 0.6) is 0 Å². The van der Waals surface area contributed by atoms with E-state index in [1.165, 1.54) is 15.4 Å². The van der Waals surface area contributed by atoms with Crippen molar-refractivity contribution in [1.82, 2.24) is 24.5 Å². The van der Waals surface area contributed by atoms with Crippen LogP contribution in [-0.4, -0.2) is 47.3 Å². The largest absolute Gasteiger partial charge is 0.410 e. The Kier molecular flexibility index (Phi) is 3.99. The van der Waals surface area contributed by atoms with Gasteiger partial charge in [0.25, 0.3) is 5.56 Å². The van der Waals surface area contributed by atoms with E-state index in [-0.39, 0.29) is 13.0 Å². The van der Waals surface area contributed by atoms with E-state index in [9.17, 15) is 24.8 Å². The van der Waals surface area contributed by atoms with Gasteiger partial charge >= 0.3 is 11.5 Å². The molecule has 2 N–H and O–H groups in total. The van der Waals surface area contributed by atoms with Crippen molar-refractivity contribution in [2.45, 2.75) is 31.7 Å². The van der Waals surface area contributed by atoms with Crippen LogP contribution < -0.4 is 11.2 Å². The summed E-state index contributed by atoms with van der Waals surface area (Å²) in [6.45, 7) is 1.18. The van der Waals surface area contributed by atoms with Crippen molar-refractivity contribution in [3.63, 3.8) is 0 Å². The number of ether oxygens (including phenoxy) is 1. The van der Waals surface area contributed by atoms with Crippen LogP contribution in [-0.2, 0) is 4.74 Å². The van der Waals surface area contributed by atoms with E-state index < -0.39 is 40.4 Å². The van der Waals surface area contributed by atoms with Gasteiger partial charge in [0.15, 0.2) is 0 Å². The lowest BCUT2D eigenvalue weighted by Gasteiger charge is -2.15.